The lowest BCUT2D eigenvalue weighted by Crippen LogP contribution is -2.10. The average Bonchev–Trinajstić information content (AvgIpc) is 2.92. The van der Waals surface area contributed by atoms with Crippen molar-refractivity contribution in [3.63, 3.8) is 0 Å². The van der Waals surface area contributed by atoms with E-state index in [2.05, 4.69) is 51.8 Å². The van der Waals surface area contributed by atoms with Crippen molar-refractivity contribution in [1.82, 2.24) is 0 Å². The van der Waals surface area contributed by atoms with Gasteiger partial charge in [0.2, 0.25) is 0 Å². The summed E-state index contributed by atoms with van der Waals surface area (Å²) in [6.07, 6.45) is 15.7. The van der Waals surface area contributed by atoms with Crippen molar-refractivity contribution in [1.29, 1.82) is 0 Å². The zero-order valence-electron chi connectivity index (χ0n) is 14.5. The zero-order valence-corrected chi connectivity index (χ0v) is 14.5. The molecule has 0 saturated heterocycles. The monoisotopic (exact) mass is 296 g/mol. The van der Waals surface area contributed by atoms with E-state index in [9.17, 15) is 0 Å². The fourth-order valence-corrected chi connectivity index (χ4v) is 3.53. The van der Waals surface area contributed by atoms with E-state index in [-0.39, 0.29) is 0 Å². The molecule has 22 heavy (non-hydrogen) atoms. The Bertz CT molecular complexity index is 500. The van der Waals surface area contributed by atoms with Crippen LogP contribution in [-0.2, 0) is 0 Å². The predicted octanol–water partition coefficient (Wildman–Crippen LogP) is 6.78. The summed E-state index contributed by atoms with van der Waals surface area (Å²) in [7, 11) is 0. The van der Waals surface area contributed by atoms with Gasteiger partial charge < -0.3 is 0 Å². The molecule has 0 heteroatoms. The van der Waals surface area contributed by atoms with E-state index in [4.69, 9.17) is 0 Å². The molecule has 0 bridgehead atoms. The first-order valence-electron chi connectivity index (χ1n) is 8.84. The smallest absolute Gasteiger partial charge is 0.00414 e. The Hall–Kier alpha value is -1.30. The normalized spacial score (nSPS) is 25.9. The number of hydrogen-bond donors (Lipinski definition) is 0. The summed E-state index contributed by atoms with van der Waals surface area (Å²) < 4.78 is 0. The van der Waals surface area contributed by atoms with Crippen LogP contribution in [-0.4, -0.2) is 0 Å². The highest BCUT2D eigenvalue weighted by atomic mass is 14.2. The van der Waals surface area contributed by atoms with Gasteiger partial charge in [0.1, 0.15) is 0 Å². The molecular weight excluding hydrogens is 264 g/mol. The third-order valence-electron chi connectivity index (χ3n) is 5.36. The van der Waals surface area contributed by atoms with Gasteiger partial charge >= 0.3 is 0 Å². The average molecular weight is 296 g/mol. The molecule has 0 aromatic carbocycles. The summed E-state index contributed by atoms with van der Waals surface area (Å²) in [4.78, 5) is 0. The van der Waals surface area contributed by atoms with Crippen LogP contribution >= 0.6 is 0 Å². The Morgan fingerprint density at radius 1 is 1.36 bits per heavy atom. The molecule has 0 aromatic rings. The molecule has 2 unspecified atom stereocenters. The molecule has 0 aliphatic heterocycles. The highest BCUT2D eigenvalue weighted by Gasteiger charge is 2.19. The van der Waals surface area contributed by atoms with Gasteiger partial charge in [-0.3, -0.25) is 0 Å². The van der Waals surface area contributed by atoms with Crippen LogP contribution in [0.15, 0.2) is 60.3 Å². The van der Waals surface area contributed by atoms with Crippen LogP contribution in [0, 0.1) is 17.8 Å². The van der Waals surface area contributed by atoms with Gasteiger partial charge in [-0.25, -0.2) is 0 Å². The molecule has 0 amide bonds. The van der Waals surface area contributed by atoms with Crippen molar-refractivity contribution >= 4 is 0 Å². The quantitative estimate of drug-likeness (QED) is 0.454. The van der Waals surface area contributed by atoms with Gasteiger partial charge in [0, 0.05) is 0 Å². The van der Waals surface area contributed by atoms with E-state index in [0.29, 0.717) is 17.8 Å². The maximum Gasteiger partial charge on any atom is -0.00414 e. The fourth-order valence-electron chi connectivity index (χ4n) is 3.53. The van der Waals surface area contributed by atoms with Gasteiger partial charge in [0.05, 0.1) is 0 Å². The second-order valence-electron chi connectivity index (χ2n) is 7.46. The van der Waals surface area contributed by atoms with Crippen LogP contribution in [0.2, 0.25) is 0 Å². The number of rotatable bonds is 7. The molecular formula is C22H32. The molecule has 1 fully saturated rings. The largest absolute Gasteiger partial charge is 0.0999 e. The summed E-state index contributed by atoms with van der Waals surface area (Å²) in [6, 6.07) is 0. The van der Waals surface area contributed by atoms with Crippen LogP contribution in [0.4, 0.5) is 0 Å². The lowest BCUT2D eigenvalue weighted by atomic mass is 9.80. The first kappa shape index (κ1) is 17.1. The third kappa shape index (κ3) is 4.87. The van der Waals surface area contributed by atoms with Crippen molar-refractivity contribution in [2.75, 3.05) is 0 Å². The van der Waals surface area contributed by atoms with E-state index in [1.54, 1.807) is 0 Å². The van der Waals surface area contributed by atoms with E-state index >= 15 is 0 Å². The standard InChI is InChI=1S/C22H32/c1-16(2)19(5)14-21-12-11-20(15-21)10-9-18(4)22-8-6-7-17(3)13-22/h11-12,15,19-20,22H,1,3-4,6-10,13-14H2,2,5H3/t19-,20?,22?/m0/s1. The highest BCUT2D eigenvalue weighted by molar-refractivity contribution is 5.30. The van der Waals surface area contributed by atoms with E-state index in [1.165, 1.54) is 54.4 Å². The molecule has 0 aromatic heterocycles. The van der Waals surface area contributed by atoms with E-state index < -0.39 is 0 Å². The molecule has 0 radical (unpaired) electrons. The first-order valence-corrected chi connectivity index (χ1v) is 8.84. The SMILES string of the molecule is C=C1CCCC(C(=C)CCC2C=CC(C[C@H](C)C(=C)C)=C2)C1. The van der Waals surface area contributed by atoms with Gasteiger partial charge in [-0.15, -0.1) is 0 Å². The Balaban J connectivity index is 1.77. The van der Waals surface area contributed by atoms with Gasteiger partial charge in [-0.1, -0.05) is 67.2 Å². The minimum Gasteiger partial charge on any atom is -0.0999 e. The Kier molecular flexibility index (Phi) is 6.06. The van der Waals surface area contributed by atoms with E-state index in [0.717, 1.165) is 12.8 Å². The van der Waals surface area contributed by atoms with Crippen molar-refractivity contribution in [3.05, 3.63) is 60.3 Å². The van der Waals surface area contributed by atoms with Gasteiger partial charge in [0.15, 0.2) is 0 Å². The molecule has 120 valence electrons. The predicted molar refractivity (Wildman–Crippen MR) is 98.8 cm³/mol. The highest BCUT2D eigenvalue weighted by Crippen LogP contribution is 2.35. The summed E-state index contributed by atoms with van der Waals surface area (Å²) >= 11 is 0. The summed E-state index contributed by atoms with van der Waals surface area (Å²) in [6.45, 7) is 17.0. The second-order valence-corrected chi connectivity index (χ2v) is 7.46. The maximum atomic E-state index is 4.37. The third-order valence-corrected chi connectivity index (χ3v) is 5.36. The number of hydrogen-bond acceptors (Lipinski definition) is 0. The Labute approximate surface area is 137 Å². The van der Waals surface area contributed by atoms with E-state index in [1.807, 2.05) is 0 Å². The molecule has 2 rings (SSSR count). The van der Waals surface area contributed by atoms with Crippen LogP contribution in [0.3, 0.4) is 0 Å². The fraction of sp³-hybridized carbons (Fsp3) is 0.545. The van der Waals surface area contributed by atoms with Gasteiger partial charge in [-0.2, -0.15) is 0 Å². The van der Waals surface area contributed by atoms with Crippen molar-refractivity contribution in [3.8, 4) is 0 Å². The lowest BCUT2D eigenvalue weighted by molar-refractivity contribution is 0.458. The van der Waals surface area contributed by atoms with Crippen LogP contribution in [0.1, 0.15) is 58.8 Å². The maximum absolute atomic E-state index is 4.37. The summed E-state index contributed by atoms with van der Waals surface area (Å²) in [5, 5.41) is 0. The molecule has 3 atom stereocenters. The minimum absolute atomic E-state index is 0.581. The van der Waals surface area contributed by atoms with Crippen molar-refractivity contribution < 1.29 is 0 Å². The molecule has 2 aliphatic rings. The van der Waals surface area contributed by atoms with Crippen molar-refractivity contribution in [2.24, 2.45) is 17.8 Å². The molecule has 0 N–H and O–H groups in total. The molecule has 1 saturated carbocycles. The molecule has 2 aliphatic carbocycles. The second kappa shape index (κ2) is 7.81. The number of allylic oxidation sites excluding steroid dienone is 7. The lowest BCUT2D eigenvalue weighted by Gasteiger charge is -2.26. The van der Waals surface area contributed by atoms with Crippen molar-refractivity contribution in [2.45, 2.75) is 58.8 Å². The Morgan fingerprint density at radius 3 is 2.82 bits per heavy atom. The van der Waals surface area contributed by atoms with Crippen LogP contribution in [0.5, 0.6) is 0 Å². The Morgan fingerprint density at radius 2 is 2.14 bits per heavy atom. The molecule has 0 spiro atoms. The van der Waals surface area contributed by atoms with Gasteiger partial charge in [0.25, 0.3) is 0 Å². The first-order chi connectivity index (χ1) is 10.5. The van der Waals surface area contributed by atoms with Crippen LogP contribution < -0.4 is 0 Å². The summed E-state index contributed by atoms with van der Waals surface area (Å²) in [5.41, 5.74) is 5.64. The molecule has 0 nitrogen and oxygen atoms in total. The topological polar surface area (TPSA) is 0 Å². The van der Waals surface area contributed by atoms with Crippen LogP contribution in [0.25, 0.3) is 0 Å². The zero-order chi connectivity index (χ0) is 16.1. The minimum atomic E-state index is 0.581. The summed E-state index contributed by atoms with van der Waals surface area (Å²) in [5.74, 6) is 1.88. The molecule has 0 heterocycles. The van der Waals surface area contributed by atoms with Gasteiger partial charge in [-0.05, 0) is 69.6 Å².